The molecule has 0 spiro atoms. The molecule has 0 radical (unpaired) electrons. The lowest BCUT2D eigenvalue weighted by Crippen LogP contribution is -2.35. The number of para-hydroxylation sites is 1. The quantitative estimate of drug-likeness (QED) is 0.920. The van der Waals surface area contributed by atoms with Crippen LogP contribution in [0.2, 0.25) is 0 Å². The zero-order valence-corrected chi connectivity index (χ0v) is 12.7. The number of nitrogens with one attached hydrogen (secondary N) is 1. The molecule has 2 heterocycles. The zero-order chi connectivity index (χ0) is 15.2. The van der Waals surface area contributed by atoms with Gasteiger partial charge in [0.2, 0.25) is 5.43 Å². The summed E-state index contributed by atoms with van der Waals surface area (Å²) in [6.07, 6.45) is 2.63. The number of pyridine rings is 1. The van der Waals surface area contributed by atoms with Gasteiger partial charge in [-0.2, -0.15) is 0 Å². The van der Waals surface area contributed by atoms with E-state index in [0.717, 1.165) is 18.5 Å². The molecule has 21 heavy (non-hydrogen) atoms. The Balaban J connectivity index is 2.04. The van der Waals surface area contributed by atoms with Crippen molar-refractivity contribution >= 4 is 16.8 Å². The molecule has 0 atom stereocenters. The molecule has 1 amide bonds. The minimum atomic E-state index is -0.280. The molecule has 4 heteroatoms. The van der Waals surface area contributed by atoms with Crippen LogP contribution in [0.5, 0.6) is 0 Å². The minimum absolute atomic E-state index is 0.00729. The Morgan fingerprint density at radius 2 is 2.10 bits per heavy atom. The predicted octanol–water partition coefficient (Wildman–Crippen LogP) is 2.33. The molecular weight excluding hydrogens is 264 g/mol. The third-order valence-electron chi connectivity index (χ3n) is 3.83. The normalized spacial score (nSPS) is 13.7. The smallest absolute Gasteiger partial charge is 0.256 e. The number of aryl methyl sites for hydroxylation is 2. The lowest BCUT2D eigenvalue weighted by atomic mass is 9.97. The first-order chi connectivity index (χ1) is 9.87. The number of amides is 1. The number of carbonyl (C=O) groups excluding carboxylic acids is 1. The standard InChI is InChI=1S/C17H20N2O2/c1-17(2,3)10-18-16(21)13-9-19-8-7-11-5-4-6-12(14(11)19)15(13)20/h4-6,9H,7-8,10H2,1-3H3,(H,18,21). The number of hydrogen-bond acceptors (Lipinski definition) is 2. The van der Waals surface area contributed by atoms with Crippen LogP contribution < -0.4 is 10.7 Å². The van der Waals surface area contributed by atoms with Crippen molar-refractivity contribution in [1.82, 2.24) is 9.88 Å². The van der Waals surface area contributed by atoms with Gasteiger partial charge in [0.05, 0.1) is 5.52 Å². The van der Waals surface area contributed by atoms with Crippen molar-refractivity contribution < 1.29 is 4.79 Å². The summed E-state index contributed by atoms with van der Waals surface area (Å²) >= 11 is 0. The van der Waals surface area contributed by atoms with Gasteiger partial charge in [-0.05, 0) is 23.5 Å². The van der Waals surface area contributed by atoms with E-state index in [2.05, 4.69) is 5.32 Å². The fourth-order valence-corrected chi connectivity index (χ4v) is 2.76. The molecule has 0 fully saturated rings. The predicted molar refractivity (Wildman–Crippen MR) is 83.7 cm³/mol. The van der Waals surface area contributed by atoms with Gasteiger partial charge in [0.1, 0.15) is 5.56 Å². The van der Waals surface area contributed by atoms with Crippen LogP contribution in [0.25, 0.3) is 10.9 Å². The van der Waals surface area contributed by atoms with Gasteiger partial charge in [0.25, 0.3) is 5.91 Å². The molecule has 0 aliphatic carbocycles. The molecule has 3 rings (SSSR count). The first-order valence-electron chi connectivity index (χ1n) is 7.30. The highest BCUT2D eigenvalue weighted by Crippen LogP contribution is 2.23. The van der Waals surface area contributed by atoms with Gasteiger partial charge in [-0.25, -0.2) is 0 Å². The number of rotatable bonds is 2. The second kappa shape index (κ2) is 4.72. The largest absolute Gasteiger partial charge is 0.351 e. The molecule has 1 aliphatic rings. The fraction of sp³-hybridized carbons (Fsp3) is 0.412. The van der Waals surface area contributed by atoms with E-state index in [0.29, 0.717) is 11.9 Å². The third kappa shape index (κ3) is 2.46. The van der Waals surface area contributed by atoms with Crippen LogP contribution in [0.3, 0.4) is 0 Å². The Morgan fingerprint density at radius 1 is 1.33 bits per heavy atom. The Labute approximate surface area is 123 Å². The molecule has 0 saturated heterocycles. The summed E-state index contributed by atoms with van der Waals surface area (Å²) in [5, 5.41) is 3.51. The van der Waals surface area contributed by atoms with Crippen molar-refractivity contribution in [3.05, 3.63) is 45.7 Å². The molecule has 1 N–H and O–H groups in total. The maximum absolute atomic E-state index is 12.6. The van der Waals surface area contributed by atoms with Crippen LogP contribution in [0.1, 0.15) is 36.7 Å². The molecule has 4 nitrogen and oxygen atoms in total. The van der Waals surface area contributed by atoms with Crippen LogP contribution in [0.4, 0.5) is 0 Å². The Morgan fingerprint density at radius 3 is 2.81 bits per heavy atom. The summed E-state index contributed by atoms with van der Waals surface area (Å²) in [6, 6.07) is 5.75. The van der Waals surface area contributed by atoms with Crippen LogP contribution in [-0.4, -0.2) is 17.0 Å². The van der Waals surface area contributed by atoms with Crippen molar-refractivity contribution in [2.75, 3.05) is 6.54 Å². The second-order valence-corrected chi connectivity index (χ2v) is 6.87. The highest BCUT2D eigenvalue weighted by molar-refractivity contribution is 5.98. The summed E-state index contributed by atoms with van der Waals surface area (Å²) in [6.45, 7) is 7.52. The summed E-state index contributed by atoms with van der Waals surface area (Å²) in [4.78, 5) is 24.9. The van der Waals surface area contributed by atoms with E-state index >= 15 is 0 Å². The number of hydrogen-bond donors (Lipinski definition) is 1. The molecule has 0 saturated carbocycles. The molecule has 1 aromatic heterocycles. The maximum atomic E-state index is 12.6. The second-order valence-electron chi connectivity index (χ2n) is 6.87. The number of nitrogens with zero attached hydrogens (tertiary/aromatic N) is 1. The Hall–Kier alpha value is -2.10. The maximum Gasteiger partial charge on any atom is 0.256 e. The number of carbonyl (C=O) groups is 1. The van der Waals surface area contributed by atoms with Gasteiger partial charge >= 0.3 is 0 Å². The number of aromatic nitrogens is 1. The Bertz CT molecular complexity index is 782. The fourth-order valence-electron chi connectivity index (χ4n) is 2.76. The molecule has 0 unspecified atom stereocenters. The lowest BCUT2D eigenvalue weighted by molar-refractivity contribution is 0.0937. The van der Waals surface area contributed by atoms with E-state index in [4.69, 9.17) is 0 Å². The zero-order valence-electron chi connectivity index (χ0n) is 12.7. The molecule has 0 bridgehead atoms. The number of benzene rings is 1. The van der Waals surface area contributed by atoms with E-state index in [1.165, 1.54) is 5.56 Å². The summed E-state index contributed by atoms with van der Waals surface area (Å²) in [5.74, 6) is -0.280. The lowest BCUT2D eigenvalue weighted by Gasteiger charge is -2.18. The van der Waals surface area contributed by atoms with Crippen LogP contribution in [0.15, 0.2) is 29.2 Å². The van der Waals surface area contributed by atoms with Gasteiger partial charge in [0.15, 0.2) is 0 Å². The molecule has 2 aromatic rings. The molecule has 1 aromatic carbocycles. The molecule has 1 aliphatic heterocycles. The Kier molecular flexibility index (Phi) is 3.12. The highest BCUT2D eigenvalue weighted by atomic mass is 16.2. The average Bonchev–Trinajstić information content (AvgIpc) is 2.83. The third-order valence-corrected chi connectivity index (χ3v) is 3.83. The van der Waals surface area contributed by atoms with Crippen molar-refractivity contribution in [2.24, 2.45) is 5.41 Å². The van der Waals surface area contributed by atoms with Crippen molar-refractivity contribution in [3.63, 3.8) is 0 Å². The van der Waals surface area contributed by atoms with E-state index in [-0.39, 0.29) is 22.3 Å². The SMILES string of the molecule is CC(C)(C)CNC(=O)c1cn2c3c(cccc3c1=O)CC2. The minimum Gasteiger partial charge on any atom is -0.351 e. The van der Waals surface area contributed by atoms with Crippen LogP contribution in [0, 0.1) is 5.41 Å². The first-order valence-corrected chi connectivity index (χ1v) is 7.30. The van der Waals surface area contributed by atoms with Crippen LogP contribution >= 0.6 is 0 Å². The average molecular weight is 284 g/mol. The van der Waals surface area contributed by atoms with Gasteiger partial charge < -0.3 is 9.88 Å². The van der Waals surface area contributed by atoms with Gasteiger partial charge in [-0.1, -0.05) is 32.9 Å². The van der Waals surface area contributed by atoms with E-state index in [9.17, 15) is 9.59 Å². The topological polar surface area (TPSA) is 51.1 Å². The van der Waals surface area contributed by atoms with Crippen LogP contribution in [-0.2, 0) is 13.0 Å². The summed E-state index contributed by atoms with van der Waals surface area (Å²) in [5.41, 5.74) is 2.23. The van der Waals surface area contributed by atoms with E-state index in [1.54, 1.807) is 6.20 Å². The van der Waals surface area contributed by atoms with E-state index < -0.39 is 0 Å². The van der Waals surface area contributed by atoms with Crippen molar-refractivity contribution in [1.29, 1.82) is 0 Å². The van der Waals surface area contributed by atoms with E-state index in [1.807, 2.05) is 43.5 Å². The van der Waals surface area contributed by atoms with Crippen molar-refractivity contribution in [2.45, 2.75) is 33.7 Å². The van der Waals surface area contributed by atoms with Gasteiger partial charge in [-0.15, -0.1) is 0 Å². The highest BCUT2D eigenvalue weighted by Gasteiger charge is 2.21. The monoisotopic (exact) mass is 284 g/mol. The summed E-state index contributed by atoms with van der Waals surface area (Å²) in [7, 11) is 0. The van der Waals surface area contributed by atoms with Crippen molar-refractivity contribution in [3.8, 4) is 0 Å². The summed E-state index contributed by atoms with van der Waals surface area (Å²) < 4.78 is 2.03. The molecule has 110 valence electrons. The molecular formula is C17H20N2O2. The first kappa shape index (κ1) is 13.9. The van der Waals surface area contributed by atoms with Gasteiger partial charge in [0, 0.05) is 24.7 Å². The van der Waals surface area contributed by atoms with Gasteiger partial charge in [-0.3, -0.25) is 9.59 Å².